The molecule has 2 amide bonds. The van der Waals surface area contributed by atoms with Gasteiger partial charge in [0.25, 0.3) is 0 Å². The average Bonchev–Trinajstić information content (AvgIpc) is 2.55. The Morgan fingerprint density at radius 3 is 2.43 bits per heavy atom. The minimum Gasteiger partial charge on any atom is -0.375 e. The number of rotatable bonds is 4. The Labute approximate surface area is 133 Å². The highest BCUT2D eigenvalue weighted by Gasteiger charge is 2.41. The fourth-order valence-electron chi connectivity index (χ4n) is 2.71. The van der Waals surface area contributed by atoms with Gasteiger partial charge in [0.2, 0.25) is 0 Å². The van der Waals surface area contributed by atoms with E-state index in [0.717, 1.165) is 5.56 Å². The van der Waals surface area contributed by atoms with Gasteiger partial charge in [0, 0.05) is 26.7 Å². The van der Waals surface area contributed by atoms with E-state index in [0.29, 0.717) is 0 Å². The molecule has 1 heterocycles. The number of piperidine rings is 1. The van der Waals surface area contributed by atoms with E-state index in [1.54, 1.807) is 7.11 Å². The molecule has 0 saturated carbocycles. The molecule has 1 N–H and O–H groups in total. The predicted octanol–water partition coefficient (Wildman–Crippen LogP) is 3.36. The van der Waals surface area contributed by atoms with Crippen molar-refractivity contribution in [1.82, 2.24) is 10.2 Å². The first-order valence-corrected chi connectivity index (χ1v) is 7.59. The lowest BCUT2D eigenvalue weighted by Crippen LogP contribution is -2.47. The number of carbonyl (C=O) groups excluding carboxylic acids is 1. The molecule has 1 aliphatic rings. The van der Waals surface area contributed by atoms with Crippen LogP contribution >= 0.6 is 0 Å². The lowest BCUT2D eigenvalue weighted by atomic mass is 9.96. The summed E-state index contributed by atoms with van der Waals surface area (Å²) in [5.41, 5.74) is 0.936. The highest BCUT2D eigenvalue weighted by Crippen LogP contribution is 2.34. The molecule has 1 fully saturated rings. The number of hydrogen-bond donors (Lipinski definition) is 1. The summed E-state index contributed by atoms with van der Waals surface area (Å²) >= 11 is 0. The van der Waals surface area contributed by atoms with E-state index < -0.39 is 12.1 Å². The number of benzene rings is 1. The summed E-state index contributed by atoms with van der Waals surface area (Å²) in [4.78, 5) is 13.5. The normalized spacial score (nSPS) is 17.8. The van der Waals surface area contributed by atoms with E-state index >= 15 is 0 Å². The zero-order valence-corrected chi connectivity index (χ0v) is 13.0. The fourth-order valence-corrected chi connectivity index (χ4v) is 2.71. The van der Waals surface area contributed by atoms with Gasteiger partial charge in [-0.05, 0) is 18.4 Å². The van der Waals surface area contributed by atoms with Crippen LogP contribution in [0.3, 0.4) is 0 Å². The van der Waals surface area contributed by atoms with Gasteiger partial charge >= 0.3 is 12.2 Å². The number of likely N-dealkylation sites (tertiary alicyclic amines) is 1. The number of amides is 2. The van der Waals surface area contributed by atoms with Gasteiger partial charge in [0.15, 0.2) is 0 Å². The largest absolute Gasteiger partial charge is 0.391 e. The molecule has 1 aromatic rings. The Morgan fingerprint density at radius 2 is 1.91 bits per heavy atom. The van der Waals surface area contributed by atoms with Gasteiger partial charge in [-0.3, -0.25) is 0 Å². The summed E-state index contributed by atoms with van der Waals surface area (Å²) in [5.74, 6) is -1.30. The molecule has 0 radical (unpaired) electrons. The van der Waals surface area contributed by atoms with Crippen LogP contribution in [0.5, 0.6) is 0 Å². The maximum Gasteiger partial charge on any atom is 0.391 e. The molecule has 0 aliphatic carbocycles. The molecule has 0 aromatic heterocycles. The molecule has 1 aromatic carbocycles. The van der Waals surface area contributed by atoms with Crippen LogP contribution in [-0.4, -0.2) is 43.9 Å². The first-order chi connectivity index (χ1) is 10.9. The van der Waals surface area contributed by atoms with Crippen LogP contribution in [-0.2, 0) is 4.74 Å². The van der Waals surface area contributed by atoms with Crippen LogP contribution in [0.15, 0.2) is 30.3 Å². The van der Waals surface area contributed by atoms with Crippen LogP contribution < -0.4 is 5.32 Å². The molecule has 0 spiro atoms. The molecule has 2 rings (SSSR count). The lowest BCUT2D eigenvalue weighted by Gasteiger charge is -2.33. The highest BCUT2D eigenvalue weighted by atomic mass is 19.4. The van der Waals surface area contributed by atoms with E-state index in [1.165, 1.54) is 4.90 Å². The molecule has 4 nitrogen and oxygen atoms in total. The first-order valence-electron chi connectivity index (χ1n) is 7.59. The second-order valence-corrected chi connectivity index (χ2v) is 5.62. The third kappa shape index (κ3) is 4.86. The smallest absolute Gasteiger partial charge is 0.375 e. The molecule has 1 atom stereocenters. The lowest BCUT2D eigenvalue weighted by molar-refractivity contribution is -0.183. The molecule has 1 aliphatic heterocycles. The molecule has 1 unspecified atom stereocenters. The van der Waals surface area contributed by atoms with Gasteiger partial charge in [0.05, 0.1) is 12.0 Å². The van der Waals surface area contributed by atoms with Crippen molar-refractivity contribution in [2.45, 2.75) is 25.1 Å². The third-order valence-corrected chi connectivity index (χ3v) is 4.14. The molecule has 128 valence electrons. The zero-order chi connectivity index (χ0) is 16.9. The number of halogens is 3. The van der Waals surface area contributed by atoms with Crippen LogP contribution in [0.25, 0.3) is 0 Å². The summed E-state index contributed by atoms with van der Waals surface area (Å²) in [5, 5.41) is 2.74. The Bertz CT molecular complexity index is 500. The van der Waals surface area contributed by atoms with Crippen LogP contribution in [0.4, 0.5) is 18.0 Å². The van der Waals surface area contributed by atoms with Crippen LogP contribution in [0, 0.1) is 5.92 Å². The SMILES string of the molecule is COC(CNC(=O)N1CCC(C(F)(F)F)CC1)c1ccccc1. The van der Waals surface area contributed by atoms with Crippen molar-refractivity contribution in [2.24, 2.45) is 5.92 Å². The number of nitrogens with one attached hydrogen (secondary N) is 1. The van der Waals surface area contributed by atoms with Crippen molar-refractivity contribution in [1.29, 1.82) is 0 Å². The Hall–Kier alpha value is -1.76. The maximum atomic E-state index is 12.6. The molecule has 7 heteroatoms. The number of alkyl halides is 3. The number of hydrogen-bond acceptors (Lipinski definition) is 2. The topological polar surface area (TPSA) is 41.6 Å². The van der Waals surface area contributed by atoms with Crippen molar-refractivity contribution in [3.8, 4) is 0 Å². The number of urea groups is 1. The van der Waals surface area contributed by atoms with Crippen molar-refractivity contribution < 1.29 is 22.7 Å². The van der Waals surface area contributed by atoms with Gasteiger partial charge in [-0.25, -0.2) is 4.79 Å². The Kier molecular flexibility index (Phi) is 5.87. The monoisotopic (exact) mass is 330 g/mol. The molecular weight excluding hydrogens is 309 g/mol. The van der Waals surface area contributed by atoms with Gasteiger partial charge < -0.3 is 15.0 Å². The summed E-state index contributed by atoms with van der Waals surface area (Å²) < 4.78 is 43.2. The quantitative estimate of drug-likeness (QED) is 0.920. The fraction of sp³-hybridized carbons (Fsp3) is 0.562. The van der Waals surface area contributed by atoms with Crippen LogP contribution in [0.1, 0.15) is 24.5 Å². The molecule has 23 heavy (non-hydrogen) atoms. The number of carbonyl (C=O) groups is 1. The number of methoxy groups -OCH3 is 1. The number of ether oxygens (including phenoxy) is 1. The number of nitrogens with zero attached hydrogens (tertiary/aromatic N) is 1. The van der Waals surface area contributed by atoms with Crippen molar-refractivity contribution in [3.05, 3.63) is 35.9 Å². The first kappa shape index (κ1) is 17.6. The summed E-state index contributed by atoms with van der Waals surface area (Å²) in [7, 11) is 1.55. The van der Waals surface area contributed by atoms with E-state index in [2.05, 4.69) is 5.32 Å². The van der Waals surface area contributed by atoms with E-state index in [4.69, 9.17) is 4.74 Å². The van der Waals surface area contributed by atoms with Crippen molar-refractivity contribution in [3.63, 3.8) is 0 Å². The highest BCUT2D eigenvalue weighted by molar-refractivity contribution is 5.74. The van der Waals surface area contributed by atoms with Gasteiger partial charge in [-0.15, -0.1) is 0 Å². The second kappa shape index (κ2) is 7.68. The van der Waals surface area contributed by atoms with E-state index in [1.807, 2.05) is 30.3 Å². The average molecular weight is 330 g/mol. The summed E-state index contributed by atoms with van der Waals surface area (Å²) in [6.07, 6.45) is -4.53. The minimum atomic E-state index is -4.17. The molecule has 0 bridgehead atoms. The second-order valence-electron chi connectivity index (χ2n) is 5.62. The van der Waals surface area contributed by atoms with E-state index in [-0.39, 0.29) is 44.6 Å². The van der Waals surface area contributed by atoms with E-state index in [9.17, 15) is 18.0 Å². The van der Waals surface area contributed by atoms with Crippen molar-refractivity contribution in [2.75, 3.05) is 26.7 Å². The van der Waals surface area contributed by atoms with Gasteiger partial charge in [-0.2, -0.15) is 13.2 Å². The predicted molar refractivity (Wildman–Crippen MR) is 79.9 cm³/mol. The van der Waals surface area contributed by atoms with Crippen molar-refractivity contribution >= 4 is 6.03 Å². The molecule has 1 saturated heterocycles. The van der Waals surface area contributed by atoms with Gasteiger partial charge in [-0.1, -0.05) is 30.3 Å². The van der Waals surface area contributed by atoms with Gasteiger partial charge in [0.1, 0.15) is 0 Å². The Balaban J connectivity index is 1.81. The molecular formula is C16H21F3N2O2. The standard InChI is InChI=1S/C16H21F3N2O2/c1-23-14(12-5-3-2-4-6-12)11-20-15(22)21-9-7-13(8-10-21)16(17,18)19/h2-6,13-14H,7-11H2,1H3,(H,20,22). The maximum absolute atomic E-state index is 12.6. The van der Waals surface area contributed by atoms with Crippen LogP contribution in [0.2, 0.25) is 0 Å². The summed E-state index contributed by atoms with van der Waals surface area (Å²) in [6.45, 7) is 0.524. The zero-order valence-electron chi connectivity index (χ0n) is 13.0. The third-order valence-electron chi connectivity index (χ3n) is 4.14. The summed E-state index contributed by atoms with van der Waals surface area (Å²) in [6, 6.07) is 9.10. The minimum absolute atomic E-state index is 0.0384. The Morgan fingerprint density at radius 1 is 1.30 bits per heavy atom.